The van der Waals surface area contributed by atoms with Crippen LogP contribution in [0.2, 0.25) is 0 Å². The first-order valence-electron chi connectivity index (χ1n) is 8.70. The number of alkyl halides is 1. The molecule has 3 aromatic carbocycles. The highest BCUT2D eigenvalue weighted by Crippen LogP contribution is 2.30. The van der Waals surface area contributed by atoms with Gasteiger partial charge in [-0.1, -0.05) is 54.1 Å². The van der Waals surface area contributed by atoms with Gasteiger partial charge in [-0.3, -0.25) is 0 Å². The summed E-state index contributed by atoms with van der Waals surface area (Å²) in [6.07, 6.45) is 0. The molecule has 1 atom stereocenters. The molecule has 0 bridgehead atoms. The Balaban J connectivity index is 1.68. The van der Waals surface area contributed by atoms with Gasteiger partial charge in [-0.25, -0.2) is 4.99 Å². The number of nitrogens with one attached hydrogen (secondary N) is 1. The van der Waals surface area contributed by atoms with E-state index in [1.807, 2.05) is 24.3 Å². The molecule has 3 nitrogen and oxygen atoms in total. The Morgan fingerprint density at radius 1 is 0.889 bits per heavy atom. The Bertz CT molecular complexity index is 1480. The maximum Gasteiger partial charge on any atom is 0.196 e. The molecule has 5 heteroatoms. The third-order valence-electron chi connectivity index (χ3n) is 4.97. The van der Waals surface area contributed by atoms with Gasteiger partial charge in [-0.05, 0) is 24.3 Å². The lowest BCUT2D eigenvalue weighted by atomic mass is 10.1. The zero-order chi connectivity index (χ0) is 18.0. The van der Waals surface area contributed by atoms with Crippen molar-refractivity contribution in [1.82, 2.24) is 5.32 Å². The van der Waals surface area contributed by atoms with Gasteiger partial charge in [-0.15, -0.1) is 11.3 Å². The van der Waals surface area contributed by atoms with Crippen molar-refractivity contribution < 1.29 is 4.42 Å². The molecular weight excluding hydrogens is 376 g/mol. The molecule has 1 aliphatic heterocycles. The Kier molecular flexibility index (Phi) is 3.16. The molecule has 5 aromatic rings. The van der Waals surface area contributed by atoms with Crippen LogP contribution in [0.1, 0.15) is 5.56 Å². The van der Waals surface area contributed by atoms with Gasteiger partial charge >= 0.3 is 0 Å². The van der Waals surface area contributed by atoms with E-state index in [0.29, 0.717) is 0 Å². The largest absolute Gasteiger partial charge is 0.456 e. The summed E-state index contributed by atoms with van der Waals surface area (Å²) in [5.41, 5.74) is 3.34. The quantitative estimate of drug-likeness (QED) is 0.334. The van der Waals surface area contributed by atoms with Gasteiger partial charge in [0.15, 0.2) is 5.62 Å². The molecule has 1 aliphatic rings. The first-order valence-corrected chi connectivity index (χ1v) is 9.95. The summed E-state index contributed by atoms with van der Waals surface area (Å²) in [4.78, 5) is 4.63. The third kappa shape index (κ3) is 2.24. The summed E-state index contributed by atoms with van der Waals surface area (Å²) in [6, 6.07) is 22.7. The number of para-hydroxylation sites is 1. The number of benzene rings is 3. The van der Waals surface area contributed by atoms with E-state index >= 15 is 0 Å². The molecule has 2 aromatic heterocycles. The topological polar surface area (TPSA) is 37.5 Å². The number of hydrogen-bond donors (Lipinski definition) is 1. The van der Waals surface area contributed by atoms with Crippen molar-refractivity contribution in [3.63, 3.8) is 0 Å². The normalized spacial score (nSPS) is 16.5. The number of fused-ring (bicyclic) bond motifs is 6. The highest BCUT2D eigenvalue weighted by Gasteiger charge is 2.18. The molecule has 0 radical (unpaired) electrons. The van der Waals surface area contributed by atoms with Gasteiger partial charge in [0.1, 0.15) is 11.2 Å². The van der Waals surface area contributed by atoms with E-state index in [9.17, 15) is 0 Å². The van der Waals surface area contributed by atoms with Crippen molar-refractivity contribution in [3.05, 3.63) is 82.2 Å². The first-order chi connectivity index (χ1) is 13.3. The summed E-state index contributed by atoms with van der Waals surface area (Å²) < 4.78 is 8.39. The van der Waals surface area contributed by atoms with Crippen LogP contribution >= 0.6 is 22.9 Å². The lowest BCUT2D eigenvalue weighted by molar-refractivity contribution is 0.668. The van der Waals surface area contributed by atoms with Crippen LogP contribution in [-0.2, 0) is 0 Å². The van der Waals surface area contributed by atoms with Crippen LogP contribution in [-0.4, -0.2) is 5.62 Å². The average Bonchev–Trinajstić information content (AvgIpc) is 3.25. The van der Waals surface area contributed by atoms with Crippen LogP contribution in [0.5, 0.6) is 0 Å². The molecule has 27 heavy (non-hydrogen) atoms. The van der Waals surface area contributed by atoms with E-state index < -0.39 is 5.62 Å². The summed E-state index contributed by atoms with van der Waals surface area (Å²) >= 11 is 8.14. The van der Waals surface area contributed by atoms with Crippen molar-refractivity contribution in [2.45, 2.75) is 5.62 Å². The average molecular weight is 389 g/mol. The number of halogens is 1. The highest BCUT2D eigenvalue weighted by atomic mass is 35.5. The van der Waals surface area contributed by atoms with Crippen LogP contribution < -0.4 is 15.2 Å². The Morgan fingerprint density at radius 3 is 2.59 bits per heavy atom. The van der Waals surface area contributed by atoms with Crippen LogP contribution in [0.15, 0.2) is 76.1 Å². The summed E-state index contributed by atoms with van der Waals surface area (Å²) in [7, 11) is 0. The number of thiophene rings is 1. The monoisotopic (exact) mass is 388 g/mol. The van der Waals surface area contributed by atoms with Crippen molar-refractivity contribution in [1.29, 1.82) is 0 Å². The van der Waals surface area contributed by atoms with Crippen molar-refractivity contribution >= 4 is 60.7 Å². The van der Waals surface area contributed by atoms with Crippen molar-refractivity contribution in [2.75, 3.05) is 0 Å². The van der Waals surface area contributed by atoms with Gasteiger partial charge in [0.05, 0.1) is 15.6 Å². The molecule has 0 amide bonds. The molecule has 0 spiro atoms. The summed E-state index contributed by atoms with van der Waals surface area (Å²) in [6.45, 7) is 0. The zero-order valence-electron chi connectivity index (χ0n) is 14.1. The highest BCUT2D eigenvalue weighted by molar-refractivity contribution is 7.17. The molecule has 6 rings (SSSR count). The minimum absolute atomic E-state index is 0.489. The van der Waals surface area contributed by atoms with Gasteiger partial charge in [-0.2, -0.15) is 0 Å². The standard InChI is InChI=1S/C22H13ClN2OS/c23-22-24-19(21-20(25-22)15-6-2-4-8-18(15)27-21)12-9-10-14-13-5-1-3-7-16(13)26-17(14)11-12/h1-11,22,24H. The predicted octanol–water partition coefficient (Wildman–Crippen LogP) is 4.70. The summed E-state index contributed by atoms with van der Waals surface area (Å²) in [5.74, 6) is 0. The molecule has 1 unspecified atom stereocenters. The molecule has 0 saturated heterocycles. The van der Waals surface area contributed by atoms with Crippen LogP contribution in [0.25, 0.3) is 37.7 Å². The van der Waals surface area contributed by atoms with E-state index in [1.165, 1.54) is 4.70 Å². The molecule has 0 aliphatic carbocycles. The Labute approximate surface area is 163 Å². The van der Waals surface area contributed by atoms with E-state index in [2.05, 4.69) is 52.8 Å². The SMILES string of the molecule is ClC1N=c2c(sc3ccccc23)=C(c2ccc3c(c2)oc2ccccc23)N1. The molecule has 130 valence electrons. The van der Waals surface area contributed by atoms with E-state index in [0.717, 1.165) is 48.5 Å². The van der Waals surface area contributed by atoms with E-state index in [-0.39, 0.29) is 0 Å². The van der Waals surface area contributed by atoms with E-state index in [4.69, 9.17) is 16.0 Å². The van der Waals surface area contributed by atoms with Gasteiger partial charge < -0.3 is 9.73 Å². The second kappa shape index (κ2) is 5.59. The van der Waals surface area contributed by atoms with E-state index in [1.54, 1.807) is 11.3 Å². The molecule has 3 heterocycles. The smallest absolute Gasteiger partial charge is 0.196 e. The fraction of sp³-hybridized carbons (Fsp3) is 0.0455. The molecule has 0 saturated carbocycles. The maximum absolute atomic E-state index is 6.41. The van der Waals surface area contributed by atoms with Crippen LogP contribution in [0, 0.1) is 0 Å². The summed E-state index contributed by atoms with van der Waals surface area (Å²) in [5, 5.41) is 7.70. The van der Waals surface area contributed by atoms with Gasteiger partial charge in [0.2, 0.25) is 0 Å². The minimum atomic E-state index is -0.489. The zero-order valence-corrected chi connectivity index (χ0v) is 15.6. The lowest BCUT2D eigenvalue weighted by Crippen LogP contribution is -2.38. The van der Waals surface area contributed by atoms with Gasteiger partial charge in [0, 0.05) is 26.4 Å². The fourth-order valence-electron chi connectivity index (χ4n) is 3.76. The third-order valence-corrected chi connectivity index (χ3v) is 6.35. The number of hydrogen-bond acceptors (Lipinski definition) is 4. The van der Waals surface area contributed by atoms with Crippen molar-refractivity contribution in [2.24, 2.45) is 4.99 Å². The molecule has 1 N–H and O–H groups in total. The minimum Gasteiger partial charge on any atom is -0.456 e. The second-order valence-corrected chi connectivity index (χ2v) is 8.03. The fourth-order valence-corrected chi connectivity index (χ4v) is 5.14. The predicted molar refractivity (Wildman–Crippen MR) is 112 cm³/mol. The number of furan rings is 1. The van der Waals surface area contributed by atoms with Crippen LogP contribution in [0.4, 0.5) is 0 Å². The van der Waals surface area contributed by atoms with Crippen molar-refractivity contribution in [3.8, 4) is 0 Å². The second-order valence-electron chi connectivity index (χ2n) is 6.57. The molecular formula is C22H13ClN2OS. The van der Waals surface area contributed by atoms with Crippen LogP contribution in [0.3, 0.4) is 0 Å². The lowest BCUT2D eigenvalue weighted by Gasteiger charge is -2.16. The first kappa shape index (κ1) is 15.3. The molecule has 0 fully saturated rings. The van der Waals surface area contributed by atoms with Gasteiger partial charge in [0.25, 0.3) is 0 Å². The maximum atomic E-state index is 6.41. The number of rotatable bonds is 1. The Hall–Kier alpha value is -2.82. The Morgan fingerprint density at radius 2 is 1.67 bits per heavy atom. The number of nitrogens with zero attached hydrogens (tertiary/aromatic N) is 1.